The molecule has 0 spiro atoms. The highest BCUT2D eigenvalue weighted by Crippen LogP contribution is 2.22. The van der Waals surface area contributed by atoms with Gasteiger partial charge in [0, 0.05) is 13.7 Å². The summed E-state index contributed by atoms with van der Waals surface area (Å²) in [5, 5.41) is 3.46. The summed E-state index contributed by atoms with van der Waals surface area (Å²) in [6, 6.07) is 0. The Kier molecular flexibility index (Phi) is 8.20. The third-order valence-corrected chi connectivity index (χ3v) is 3.09. The molecule has 14 heavy (non-hydrogen) atoms. The van der Waals surface area contributed by atoms with Gasteiger partial charge < -0.3 is 10.1 Å². The number of methoxy groups -OCH3 is 1. The SMILES string of the molecule is CCC(C)C(CNCCOC)C(C)C. The fourth-order valence-corrected chi connectivity index (χ4v) is 1.84. The maximum Gasteiger partial charge on any atom is 0.0587 e. The van der Waals surface area contributed by atoms with Gasteiger partial charge in [-0.2, -0.15) is 0 Å². The number of nitrogens with one attached hydrogen (secondary N) is 1. The van der Waals surface area contributed by atoms with Crippen LogP contribution in [0, 0.1) is 17.8 Å². The van der Waals surface area contributed by atoms with Gasteiger partial charge >= 0.3 is 0 Å². The number of hydrogen-bond acceptors (Lipinski definition) is 2. The normalized spacial score (nSPS) is 15.9. The Morgan fingerprint density at radius 2 is 1.86 bits per heavy atom. The second kappa shape index (κ2) is 8.25. The number of rotatable bonds is 8. The minimum absolute atomic E-state index is 0.764. The first-order valence-corrected chi connectivity index (χ1v) is 5.83. The quantitative estimate of drug-likeness (QED) is 0.609. The van der Waals surface area contributed by atoms with E-state index in [0.29, 0.717) is 0 Å². The summed E-state index contributed by atoms with van der Waals surface area (Å²) in [6.07, 6.45) is 1.27. The van der Waals surface area contributed by atoms with Crippen molar-refractivity contribution in [3.05, 3.63) is 0 Å². The van der Waals surface area contributed by atoms with Crippen LogP contribution in [0.15, 0.2) is 0 Å². The van der Waals surface area contributed by atoms with Crippen LogP contribution in [-0.2, 0) is 4.74 Å². The topological polar surface area (TPSA) is 21.3 Å². The van der Waals surface area contributed by atoms with Gasteiger partial charge in [0.2, 0.25) is 0 Å². The molecule has 1 N–H and O–H groups in total. The van der Waals surface area contributed by atoms with Gasteiger partial charge in [-0.25, -0.2) is 0 Å². The van der Waals surface area contributed by atoms with Crippen LogP contribution in [0.2, 0.25) is 0 Å². The van der Waals surface area contributed by atoms with Crippen molar-refractivity contribution in [2.45, 2.75) is 34.1 Å². The van der Waals surface area contributed by atoms with E-state index in [1.807, 2.05) is 0 Å². The summed E-state index contributed by atoms with van der Waals surface area (Å²) < 4.78 is 5.01. The van der Waals surface area contributed by atoms with E-state index in [1.165, 1.54) is 6.42 Å². The summed E-state index contributed by atoms with van der Waals surface area (Å²) in [5.74, 6) is 2.36. The van der Waals surface area contributed by atoms with Crippen LogP contribution in [0.5, 0.6) is 0 Å². The van der Waals surface area contributed by atoms with Crippen molar-refractivity contribution in [3.63, 3.8) is 0 Å². The molecular weight excluding hydrogens is 174 g/mol. The van der Waals surface area contributed by atoms with Gasteiger partial charge in [-0.05, 0) is 24.3 Å². The van der Waals surface area contributed by atoms with Crippen molar-refractivity contribution in [1.82, 2.24) is 5.32 Å². The van der Waals surface area contributed by atoms with Gasteiger partial charge in [0.05, 0.1) is 6.61 Å². The third kappa shape index (κ3) is 5.61. The Balaban J connectivity index is 3.74. The van der Waals surface area contributed by atoms with E-state index in [9.17, 15) is 0 Å². The Morgan fingerprint density at radius 3 is 2.29 bits per heavy atom. The van der Waals surface area contributed by atoms with Crippen LogP contribution in [0.4, 0.5) is 0 Å². The van der Waals surface area contributed by atoms with Crippen molar-refractivity contribution in [3.8, 4) is 0 Å². The second-order valence-electron chi connectivity index (χ2n) is 4.49. The van der Waals surface area contributed by atoms with E-state index in [1.54, 1.807) is 7.11 Å². The molecular formula is C12H27NO. The molecule has 0 aliphatic rings. The fourth-order valence-electron chi connectivity index (χ4n) is 1.84. The smallest absolute Gasteiger partial charge is 0.0587 e. The van der Waals surface area contributed by atoms with E-state index < -0.39 is 0 Å². The molecule has 0 saturated carbocycles. The molecule has 2 unspecified atom stereocenters. The molecule has 0 rings (SSSR count). The van der Waals surface area contributed by atoms with Gasteiger partial charge in [0.25, 0.3) is 0 Å². The van der Waals surface area contributed by atoms with Crippen LogP contribution < -0.4 is 5.32 Å². The minimum atomic E-state index is 0.764. The first-order valence-electron chi connectivity index (χ1n) is 5.83. The standard InChI is InChI=1S/C12H27NO/c1-6-11(4)12(10(2)3)9-13-7-8-14-5/h10-13H,6-9H2,1-5H3. The average molecular weight is 201 g/mol. The molecule has 0 aromatic carbocycles. The van der Waals surface area contributed by atoms with Gasteiger partial charge in [-0.3, -0.25) is 0 Å². The molecule has 2 nitrogen and oxygen atoms in total. The Labute approximate surface area is 89.4 Å². The zero-order valence-electron chi connectivity index (χ0n) is 10.5. The monoisotopic (exact) mass is 201 g/mol. The molecule has 0 aromatic heterocycles. The maximum absolute atomic E-state index is 5.01. The highest BCUT2D eigenvalue weighted by Gasteiger charge is 2.18. The lowest BCUT2D eigenvalue weighted by atomic mass is 9.83. The van der Waals surface area contributed by atoms with Crippen LogP contribution in [0.1, 0.15) is 34.1 Å². The summed E-state index contributed by atoms with van der Waals surface area (Å²) in [6.45, 7) is 12.2. The molecule has 0 amide bonds. The lowest BCUT2D eigenvalue weighted by Gasteiger charge is -2.27. The average Bonchev–Trinajstić information content (AvgIpc) is 2.16. The molecule has 0 fully saturated rings. The first kappa shape index (κ1) is 13.9. The molecule has 0 aliphatic heterocycles. The molecule has 0 radical (unpaired) electrons. The van der Waals surface area contributed by atoms with Crippen molar-refractivity contribution in [2.75, 3.05) is 26.8 Å². The van der Waals surface area contributed by atoms with Gasteiger partial charge in [-0.15, -0.1) is 0 Å². The number of ether oxygens (including phenoxy) is 1. The highest BCUT2D eigenvalue weighted by molar-refractivity contribution is 4.71. The summed E-state index contributed by atoms with van der Waals surface area (Å²) in [5.41, 5.74) is 0. The predicted molar refractivity (Wildman–Crippen MR) is 62.5 cm³/mol. The largest absolute Gasteiger partial charge is 0.383 e. The van der Waals surface area contributed by atoms with E-state index in [0.717, 1.165) is 37.5 Å². The first-order chi connectivity index (χ1) is 6.63. The maximum atomic E-state index is 5.01. The lowest BCUT2D eigenvalue weighted by molar-refractivity contribution is 0.190. The van der Waals surface area contributed by atoms with Crippen LogP contribution in [-0.4, -0.2) is 26.8 Å². The molecule has 86 valence electrons. The van der Waals surface area contributed by atoms with Crippen LogP contribution in [0.25, 0.3) is 0 Å². The molecule has 0 bridgehead atoms. The zero-order valence-corrected chi connectivity index (χ0v) is 10.5. The zero-order chi connectivity index (χ0) is 11.0. The van der Waals surface area contributed by atoms with Gasteiger partial charge in [0.1, 0.15) is 0 Å². The second-order valence-corrected chi connectivity index (χ2v) is 4.49. The van der Waals surface area contributed by atoms with Crippen molar-refractivity contribution in [1.29, 1.82) is 0 Å². The van der Waals surface area contributed by atoms with Crippen molar-refractivity contribution in [2.24, 2.45) is 17.8 Å². The minimum Gasteiger partial charge on any atom is -0.383 e. The summed E-state index contributed by atoms with van der Waals surface area (Å²) in [4.78, 5) is 0. The third-order valence-electron chi connectivity index (χ3n) is 3.09. The van der Waals surface area contributed by atoms with Crippen molar-refractivity contribution < 1.29 is 4.74 Å². The Hall–Kier alpha value is -0.0800. The fraction of sp³-hybridized carbons (Fsp3) is 1.00. The van der Waals surface area contributed by atoms with Crippen molar-refractivity contribution >= 4 is 0 Å². The number of hydrogen-bond donors (Lipinski definition) is 1. The predicted octanol–water partition coefficient (Wildman–Crippen LogP) is 2.54. The molecule has 0 aliphatic carbocycles. The summed E-state index contributed by atoms with van der Waals surface area (Å²) in [7, 11) is 1.75. The van der Waals surface area contributed by atoms with E-state index >= 15 is 0 Å². The van der Waals surface area contributed by atoms with Crippen LogP contribution >= 0.6 is 0 Å². The van der Waals surface area contributed by atoms with E-state index in [-0.39, 0.29) is 0 Å². The van der Waals surface area contributed by atoms with E-state index in [2.05, 4.69) is 33.0 Å². The molecule has 2 atom stereocenters. The molecule has 0 heterocycles. The lowest BCUT2D eigenvalue weighted by Crippen LogP contribution is -2.32. The molecule has 0 aromatic rings. The Morgan fingerprint density at radius 1 is 1.21 bits per heavy atom. The molecule has 2 heteroatoms. The van der Waals surface area contributed by atoms with Gasteiger partial charge in [0.15, 0.2) is 0 Å². The molecule has 0 saturated heterocycles. The summed E-state index contributed by atoms with van der Waals surface area (Å²) >= 11 is 0. The Bertz CT molecular complexity index is 125. The highest BCUT2D eigenvalue weighted by atomic mass is 16.5. The van der Waals surface area contributed by atoms with E-state index in [4.69, 9.17) is 4.74 Å². The van der Waals surface area contributed by atoms with Gasteiger partial charge in [-0.1, -0.05) is 34.1 Å². The van der Waals surface area contributed by atoms with Crippen LogP contribution in [0.3, 0.4) is 0 Å².